The van der Waals surface area contributed by atoms with E-state index in [1.54, 1.807) is 0 Å². The van der Waals surface area contributed by atoms with Gasteiger partial charge in [-0.1, -0.05) is 164 Å². The zero-order valence-electron chi connectivity index (χ0n) is 32.0. The van der Waals surface area contributed by atoms with Crippen molar-refractivity contribution in [2.75, 3.05) is 4.90 Å². The fourth-order valence-electron chi connectivity index (χ4n) is 9.14. The lowest BCUT2D eigenvalue weighted by Crippen LogP contribution is -2.10. The maximum atomic E-state index is 7.01. The summed E-state index contributed by atoms with van der Waals surface area (Å²) < 4.78 is 9.63. The van der Waals surface area contributed by atoms with Crippen molar-refractivity contribution in [3.05, 3.63) is 212 Å². The third kappa shape index (κ3) is 5.47. The number of nitrogens with zero attached hydrogens (tertiary/aromatic N) is 1. The van der Waals surface area contributed by atoms with Crippen LogP contribution in [0.2, 0.25) is 0 Å². The maximum absolute atomic E-state index is 7.01. The van der Waals surface area contributed by atoms with Gasteiger partial charge in [-0.15, -0.1) is 11.3 Å². The van der Waals surface area contributed by atoms with Crippen LogP contribution in [0.3, 0.4) is 0 Å². The fourth-order valence-corrected chi connectivity index (χ4v) is 10.3. The highest BCUT2D eigenvalue weighted by molar-refractivity contribution is 7.25. The van der Waals surface area contributed by atoms with Gasteiger partial charge < -0.3 is 9.32 Å². The minimum atomic E-state index is 0.856. The molecule has 0 saturated heterocycles. The topological polar surface area (TPSA) is 16.4 Å². The highest BCUT2D eigenvalue weighted by Crippen LogP contribution is 2.46. The second kappa shape index (κ2) is 13.6. The molecule has 10 aromatic carbocycles. The monoisotopic (exact) mass is 769 g/mol. The Balaban J connectivity index is 1.04. The molecule has 3 heteroatoms. The van der Waals surface area contributed by atoms with Crippen LogP contribution >= 0.6 is 11.3 Å². The lowest BCUT2D eigenvalue weighted by atomic mass is 9.93. The van der Waals surface area contributed by atoms with Gasteiger partial charge in [0.05, 0.1) is 5.69 Å². The van der Waals surface area contributed by atoms with Crippen LogP contribution in [0.5, 0.6) is 0 Å². The van der Waals surface area contributed by atoms with Crippen LogP contribution in [0.4, 0.5) is 17.1 Å². The number of benzene rings is 10. The smallest absolute Gasteiger partial charge is 0.159 e. The molecule has 0 bridgehead atoms. The van der Waals surface area contributed by atoms with Gasteiger partial charge in [-0.05, 0) is 97.9 Å². The molecule has 0 aliphatic heterocycles. The first-order valence-corrected chi connectivity index (χ1v) is 20.9. The van der Waals surface area contributed by atoms with E-state index in [-0.39, 0.29) is 0 Å². The zero-order chi connectivity index (χ0) is 38.9. The molecule has 0 saturated carbocycles. The molecular formula is C56H35NOS. The Hall–Kier alpha value is -7.46. The summed E-state index contributed by atoms with van der Waals surface area (Å²) in [5.74, 6) is 0. The molecule has 0 unspecified atom stereocenters. The molecule has 0 N–H and O–H groups in total. The van der Waals surface area contributed by atoms with Gasteiger partial charge in [0.1, 0.15) is 5.58 Å². The van der Waals surface area contributed by atoms with Crippen molar-refractivity contribution in [2.24, 2.45) is 0 Å². The van der Waals surface area contributed by atoms with Gasteiger partial charge >= 0.3 is 0 Å². The molecule has 0 fully saturated rings. The number of hydrogen-bond acceptors (Lipinski definition) is 3. The minimum Gasteiger partial charge on any atom is -0.453 e. The molecular weight excluding hydrogens is 735 g/mol. The summed E-state index contributed by atoms with van der Waals surface area (Å²) in [6, 6.07) is 76.8. The van der Waals surface area contributed by atoms with Gasteiger partial charge in [-0.3, -0.25) is 0 Å². The standard InChI is InChI=1S/C56H35NOS/c1-2-13-36(14-3-1)44-21-10-22-47-48-23-11-24-51(56(48)58-55(44)47)57(40-31-27-37(28-32-40)43-20-12-26-53-54(43)49-19-8-9-25-52(49)59-53)41-33-29-38(30-34-41)50-35-39-15-4-5-16-42(39)45-17-6-7-18-46(45)50/h1-35H. The number of fused-ring (bicyclic) bond motifs is 9. The Morgan fingerprint density at radius 1 is 0.339 bits per heavy atom. The van der Waals surface area contributed by atoms with Crippen molar-refractivity contribution in [3.63, 3.8) is 0 Å². The SMILES string of the molecule is c1ccc(-c2cccc3c2oc2c(N(c4ccc(-c5cc6ccccc6c6ccccc56)cc4)c4ccc(-c5cccc6sc7ccccc7c56)cc4)cccc23)cc1. The predicted octanol–water partition coefficient (Wildman–Crippen LogP) is 16.7. The van der Waals surface area contributed by atoms with E-state index >= 15 is 0 Å². The highest BCUT2D eigenvalue weighted by atomic mass is 32.1. The van der Waals surface area contributed by atoms with E-state index in [4.69, 9.17) is 4.42 Å². The predicted molar refractivity (Wildman–Crippen MR) is 253 cm³/mol. The highest BCUT2D eigenvalue weighted by Gasteiger charge is 2.22. The van der Waals surface area contributed by atoms with Crippen LogP contribution in [0, 0.1) is 0 Å². The van der Waals surface area contributed by atoms with Gasteiger partial charge in [0, 0.05) is 47.9 Å². The molecule has 12 aromatic rings. The first-order chi connectivity index (χ1) is 29.3. The summed E-state index contributed by atoms with van der Waals surface area (Å²) in [7, 11) is 0. The molecule has 0 radical (unpaired) electrons. The van der Waals surface area contributed by atoms with Crippen molar-refractivity contribution < 1.29 is 4.42 Å². The number of hydrogen-bond donors (Lipinski definition) is 0. The third-order valence-corrected chi connectivity index (χ3v) is 13.0. The second-order valence-electron chi connectivity index (χ2n) is 15.2. The summed E-state index contributed by atoms with van der Waals surface area (Å²) in [4.78, 5) is 2.35. The molecule has 276 valence electrons. The van der Waals surface area contributed by atoms with E-state index in [1.807, 2.05) is 11.3 Å². The minimum absolute atomic E-state index is 0.856. The molecule has 0 aliphatic carbocycles. The van der Waals surface area contributed by atoms with Gasteiger partial charge in [-0.2, -0.15) is 0 Å². The van der Waals surface area contributed by atoms with Crippen molar-refractivity contribution in [1.82, 2.24) is 0 Å². The van der Waals surface area contributed by atoms with E-state index in [9.17, 15) is 0 Å². The summed E-state index contributed by atoms with van der Waals surface area (Å²) in [6.07, 6.45) is 0. The van der Waals surface area contributed by atoms with Crippen LogP contribution < -0.4 is 4.90 Å². The molecule has 0 aliphatic rings. The van der Waals surface area contributed by atoms with E-state index in [2.05, 4.69) is 217 Å². The molecule has 2 aromatic heterocycles. The quantitative estimate of drug-likeness (QED) is 0.157. The summed E-state index contributed by atoms with van der Waals surface area (Å²) >= 11 is 1.86. The maximum Gasteiger partial charge on any atom is 0.159 e. The lowest BCUT2D eigenvalue weighted by molar-refractivity contribution is 0.670. The Kier molecular flexibility index (Phi) is 7.75. The van der Waals surface area contributed by atoms with E-state index < -0.39 is 0 Å². The van der Waals surface area contributed by atoms with Gasteiger partial charge in [0.2, 0.25) is 0 Å². The Labute approximate surface area is 345 Å². The van der Waals surface area contributed by atoms with Crippen molar-refractivity contribution in [3.8, 4) is 33.4 Å². The van der Waals surface area contributed by atoms with E-state index in [0.717, 1.165) is 50.1 Å². The lowest BCUT2D eigenvalue weighted by Gasteiger charge is -2.26. The number of anilines is 3. The average molecular weight is 770 g/mol. The van der Waals surface area contributed by atoms with E-state index in [1.165, 1.54) is 64.0 Å². The zero-order valence-corrected chi connectivity index (χ0v) is 32.8. The van der Waals surface area contributed by atoms with Crippen LogP contribution in [-0.2, 0) is 0 Å². The van der Waals surface area contributed by atoms with Crippen molar-refractivity contribution in [2.45, 2.75) is 0 Å². The second-order valence-corrected chi connectivity index (χ2v) is 16.3. The van der Waals surface area contributed by atoms with Gasteiger partial charge in [0.15, 0.2) is 5.58 Å². The van der Waals surface area contributed by atoms with Gasteiger partial charge in [0.25, 0.3) is 0 Å². The molecule has 59 heavy (non-hydrogen) atoms. The van der Waals surface area contributed by atoms with Gasteiger partial charge in [-0.25, -0.2) is 0 Å². The van der Waals surface area contributed by atoms with Crippen molar-refractivity contribution >= 4 is 92.1 Å². The molecule has 0 atom stereocenters. The number of rotatable bonds is 6. The molecule has 2 heterocycles. The largest absolute Gasteiger partial charge is 0.453 e. The summed E-state index contributed by atoms with van der Waals surface area (Å²) in [5, 5.41) is 9.85. The summed E-state index contributed by atoms with van der Waals surface area (Å²) in [6.45, 7) is 0. The normalized spacial score (nSPS) is 11.7. The number of para-hydroxylation sites is 2. The Morgan fingerprint density at radius 2 is 0.881 bits per heavy atom. The summed E-state index contributed by atoms with van der Waals surface area (Å²) in [5.41, 5.74) is 11.9. The number of thiophene rings is 1. The Morgan fingerprint density at radius 3 is 1.66 bits per heavy atom. The molecule has 2 nitrogen and oxygen atoms in total. The van der Waals surface area contributed by atoms with Crippen LogP contribution in [0.25, 0.3) is 97.0 Å². The average Bonchev–Trinajstić information content (AvgIpc) is 3.89. The first kappa shape index (κ1) is 33.7. The van der Waals surface area contributed by atoms with Crippen LogP contribution in [-0.4, -0.2) is 0 Å². The molecule has 12 rings (SSSR count). The number of furan rings is 1. The molecule has 0 spiro atoms. The van der Waals surface area contributed by atoms with Crippen LogP contribution in [0.1, 0.15) is 0 Å². The fraction of sp³-hybridized carbons (Fsp3) is 0. The Bertz CT molecular complexity index is 3540. The van der Waals surface area contributed by atoms with Crippen LogP contribution in [0.15, 0.2) is 217 Å². The van der Waals surface area contributed by atoms with Crippen molar-refractivity contribution in [1.29, 1.82) is 0 Å². The first-order valence-electron chi connectivity index (χ1n) is 20.1. The molecule has 0 amide bonds. The van der Waals surface area contributed by atoms with E-state index in [0.29, 0.717) is 0 Å². The third-order valence-electron chi connectivity index (χ3n) is 11.9.